The van der Waals surface area contributed by atoms with E-state index >= 15 is 0 Å². The highest BCUT2D eigenvalue weighted by Gasteiger charge is 2.31. The minimum atomic E-state index is -4.11. The summed E-state index contributed by atoms with van der Waals surface area (Å²) in [5.74, 6) is 0.826. The molecular formula is C14H18F3NO. The number of ether oxygens (including phenoxy) is 1. The molecule has 19 heavy (non-hydrogen) atoms. The van der Waals surface area contributed by atoms with Crippen LogP contribution in [0.15, 0.2) is 18.2 Å². The number of alkyl halides is 3. The van der Waals surface area contributed by atoms with Crippen molar-refractivity contribution in [2.75, 3.05) is 6.54 Å². The fourth-order valence-electron chi connectivity index (χ4n) is 2.27. The minimum absolute atomic E-state index is 0.0729. The largest absolute Gasteiger partial charge is 0.487 e. The van der Waals surface area contributed by atoms with Gasteiger partial charge >= 0.3 is 6.18 Å². The summed E-state index contributed by atoms with van der Waals surface area (Å²) in [6, 6.07) is 5.81. The van der Waals surface area contributed by atoms with Gasteiger partial charge in [0.1, 0.15) is 11.4 Å². The molecule has 5 heteroatoms. The van der Waals surface area contributed by atoms with Gasteiger partial charge in [0.05, 0.1) is 6.42 Å². The zero-order chi connectivity index (χ0) is 14.1. The molecule has 0 unspecified atom stereocenters. The number of fused-ring (bicyclic) bond motifs is 1. The smallest absolute Gasteiger partial charge is 0.390 e. The number of hydrogen-bond donors (Lipinski definition) is 1. The summed E-state index contributed by atoms with van der Waals surface area (Å²) in [6.45, 7) is 4.34. The molecule has 1 aromatic carbocycles. The van der Waals surface area contributed by atoms with Crippen LogP contribution in [0.2, 0.25) is 0 Å². The van der Waals surface area contributed by atoms with E-state index in [-0.39, 0.29) is 12.1 Å². The maximum Gasteiger partial charge on any atom is 0.390 e. The van der Waals surface area contributed by atoms with E-state index in [9.17, 15) is 13.2 Å². The van der Waals surface area contributed by atoms with Crippen LogP contribution in [0.3, 0.4) is 0 Å². The molecule has 0 fully saturated rings. The van der Waals surface area contributed by atoms with Crippen LogP contribution in [0.4, 0.5) is 13.2 Å². The van der Waals surface area contributed by atoms with E-state index in [0.717, 1.165) is 23.3 Å². The molecule has 1 aliphatic heterocycles. The molecule has 0 saturated heterocycles. The van der Waals surface area contributed by atoms with Gasteiger partial charge in [-0.15, -0.1) is 0 Å². The van der Waals surface area contributed by atoms with Gasteiger partial charge in [0.25, 0.3) is 0 Å². The molecule has 0 saturated carbocycles. The van der Waals surface area contributed by atoms with Crippen molar-refractivity contribution in [3.05, 3.63) is 29.3 Å². The van der Waals surface area contributed by atoms with Crippen LogP contribution < -0.4 is 10.1 Å². The lowest BCUT2D eigenvalue weighted by Crippen LogP contribution is -2.25. The molecule has 0 bridgehead atoms. The number of para-hydroxylation sites is 1. The third-order valence-electron chi connectivity index (χ3n) is 3.07. The number of benzene rings is 1. The summed E-state index contributed by atoms with van der Waals surface area (Å²) in [5, 5.41) is 2.82. The predicted octanol–water partition coefficient (Wildman–Crippen LogP) is 3.44. The van der Waals surface area contributed by atoms with Crippen molar-refractivity contribution >= 4 is 0 Å². The fraction of sp³-hybridized carbons (Fsp3) is 0.571. The molecular weight excluding hydrogens is 255 g/mol. The Morgan fingerprint density at radius 3 is 2.74 bits per heavy atom. The fourth-order valence-corrected chi connectivity index (χ4v) is 2.27. The molecule has 106 valence electrons. The average molecular weight is 273 g/mol. The first-order chi connectivity index (χ1) is 8.77. The maximum absolute atomic E-state index is 12.0. The third-order valence-corrected chi connectivity index (χ3v) is 3.07. The standard InChI is InChI=1S/C14H18F3NO/c1-13(2)8-10-4-3-5-11(12(10)19-13)9-18-7-6-14(15,16)17/h3-5,18H,6-9H2,1-2H3. The first-order valence-electron chi connectivity index (χ1n) is 6.34. The quantitative estimate of drug-likeness (QED) is 0.848. The van der Waals surface area contributed by atoms with E-state index in [1.54, 1.807) is 0 Å². The SMILES string of the molecule is CC1(C)Cc2cccc(CNCCC(F)(F)F)c2O1. The lowest BCUT2D eigenvalue weighted by molar-refractivity contribution is -0.133. The molecule has 2 rings (SSSR count). The summed E-state index contributed by atoms with van der Waals surface area (Å²) in [7, 11) is 0. The zero-order valence-corrected chi connectivity index (χ0v) is 11.1. The van der Waals surface area contributed by atoms with Gasteiger partial charge in [-0.1, -0.05) is 18.2 Å². The Balaban J connectivity index is 1.94. The second-order valence-electron chi connectivity index (χ2n) is 5.49. The van der Waals surface area contributed by atoms with Gasteiger partial charge in [-0.3, -0.25) is 0 Å². The predicted molar refractivity (Wildman–Crippen MR) is 67.2 cm³/mol. The molecule has 0 aliphatic carbocycles. The number of hydrogen-bond acceptors (Lipinski definition) is 2. The lowest BCUT2D eigenvalue weighted by Gasteiger charge is -2.18. The zero-order valence-electron chi connectivity index (χ0n) is 11.1. The molecule has 1 N–H and O–H groups in total. The van der Waals surface area contributed by atoms with Crippen molar-refractivity contribution in [1.82, 2.24) is 5.32 Å². The van der Waals surface area contributed by atoms with Crippen molar-refractivity contribution in [2.45, 2.75) is 45.0 Å². The van der Waals surface area contributed by atoms with Crippen molar-refractivity contribution in [2.24, 2.45) is 0 Å². The Labute approximate surface area is 111 Å². The van der Waals surface area contributed by atoms with E-state index in [1.807, 2.05) is 32.0 Å². The van der Waals surface area contributed by atoms with Gasteiger partial charge in [-0.05, 0) is 19.4 Å². The highest BCUT2D eigenvalue weighted by molar-refractivity contribution is 5.45. The van der Waals surface area contributed by atoms with Crippen LogP contribution in [0.1, 0.15) is 31.4 Å². The molecule has 0 spiro atoms. The van der Waals surface area contributed by atoms with Gasteiger partial charge in [0, 0.05) is 25.1 Å². The molecule has 1 aromatic rings. The Hall–Kier alpha value is -1.23. The monoisotopic (exact) mass is 273 g/mol. The number of rotatable bonds is 4. The van der Waals surface area contributed by atoms with Gasteiger partial charge in [0.15, 0.2) is 0 Å². The van der Waals surface area contributed by atoms with Crippen LogP contribution in [-0.4, -0.2) is 18.3 Å². The lowest BCUT2D eigenvalue weighted by atomic mass is 10.0. The van der Waals surface area contributed by atoms with Crippen LogP contribution in [0, 0.1) is 0 Å². The second-order valence-corrected chi connectivity index (χ2v) is 5.49. The summed E-state index contributed by atoms with van der Waals surface area (Å²) in [4.78, 5) is 0. The van der Waals surface area contributed by atoms with Crippen molar-refractivity contribution in [3.8, 4) is 5.75 Å². The van der Waals surface area contributed by atoms with E-state index in [4.69, 9.17) is 4.74 Å². The molecule has 2 nitrogen and oxygen atoms in total. The van der Waals surface area contributed by atoms with E-state index < -0.39 is 12.6 Å². The van der Waals surface area contributed by atoms with Crippen LogP contribution in [-0.2, 0) is 13.0 Å². The molecule has 0 aromatic heterocycles. The normalized spacial score (nSPS) is 17.1. The minimum Gasteiger partial charge on any atom is -0.487 e. The average Bonchev–Trinajstić information content (AvgIpc) is 2.57. The summed E-state index contributed by atoms with van der Waals surface area (Å²) in [6.07, 6.45) is -4.09. The molecule has 0 radical (unpaired) electrons. The molecule has 1 heterocycles. The van der Waals surface area contributed by atoms with E-state index in [1.165, 1.54) is 0 Å². The van der Waals surface area contributed by atoms with Crippen molar-refractivity contribution in [3.63, 3.8) is 0 Å². The molecule has 1 aliphatic rings. The Bertz CT molecular complexity index is 454. The highest BCUT2D eigenvalue weighted by atomic mass is 19.4. The van der Waals surface area contributed by atoms with Crippen molar-refractivity contribution < 1.29 is 17.9 Å². The van der Waals surface area contributed by atoms with Crippen LogP contribution in [0.5, 0.6) is 5.75 Å². The summed E-state index contributed by atoms with van der Waals surface area (Å²) >= 11 is 0. The van der Waals surface area contributed by atoms with Gasteiger partial charge in [0.2, 0.25) is 0 Å². The van der Waals surface area contributed by atoms with Gasteiger partial charge in [-0.2, -0.15) is 13.2 Å². The van der Waals surface area contributed by atoms with Crippen LogP contribution in [0.25, 0.3) is 0 Å². The van der Waals surface area contributed by atoms with Gasteiger partial charge < -0.3 is 10.1 Å². The number of halogens is 3. The summed E-state index contributed by atoms with van der Waals surface area (Å²) in [5.41, 5.74) is 1.81. The number of nitrogens with one attached hydrogen (secondary N) is 1. The Kier molecular flexibility index (Phi) is 3.76. The van der Waals surface area contributed by atoms with E-state index in [2.05, 4.69) is 5.32 Å². The Morgan fingerprint density at radius 1 is 1.32 bits per heavy atom. The Morgan fingerprint density at radius 2 is 2.05 bits per heavy atom. The summed E-state index contributed by atoms with van der Waals surface area (Å²) < 4.78 is 42.0. The topological polar surface area (TPSA) is 21.3 Å². The first kappa shape index (κ1) is 14.2. The van der Waals surface area contributed by atoms with Crippen molar-refractivity contribution in [1.29, 1.82) is 0 Å². The second kappa shape index (κ2) is 5.04. The van der Waals surface area contributed by atoms with Gasteiger partial charge in [-0.25, -0.2) is 0 Å². The maximum atomic E-state index is 12.0. The van der Waals surface area contributed by atoms with E-state index in [0.29, 0.717) is 6.54 Å². The molecule has 0 amide bonds. The first-order valence-corrected chi connectivity index (χ1v) is 6.34. The third kappa shape index (κ3) is 3.86. The molecule has 0 atom stereocenters. The van der Waals surface area contributed by atoms with Crippen LogP contribution >= 0.6 is 0 Å². The highest BCUT2D eigenvalue weighted by Crippen LogP contribution is 2.37.